The van der Waals surface area contributed by atoms with E-state index in [1.165, 1.54) is 25.7 Å². The first-order valence-electron chi connectivity index (χ1n) is 7.62. The highest BCUT2D eigenvalue weighted by Gasteiger charge is 2.29. The molecule has 21 heavy (non-hydrogen) atoms. The van der Waals surface area contributed by atoms with E-state index in [1.54, 1.807) is 4.80 Å². The van der Waals surface area contributed by atoms with Crippen LogP contribution in [0.2, 0.25) is 0 Å². The second-order valence-corrected chi connectivity index (χ2v) is 6.20. The molecule has 0 radical (unpaired) electrons. The first-order valence-corrected chi connectivity index (χ1v) is 8.74. The van der Waals surface area contributed by atoms with Crippen LogP contribution in [-0.4, -0.2) is 25.5 Å². The molecule has 0 unspecified atom stereocenters. The van der Waals surface area contributed by atoms with Gasteiger partial charge in [0.15, 0.2) is 0 Å². The van der Waals surface area contributed by atoms with Crippen LogP contribution < -0.4 is 0 Å². The molecule has 0 saturated heterocycles. The fourth-order valence-electron chi connectivity index (χ4n) is 2.83. The Morgan fingerprint density at radius 1 is 1.10 bits per heavy atom. The van der Waals surface area contributed by atoms with Gasteiger partial charge in [0.1, 0.15) is 0 Å². The zero-order valence-corrected chi connectivity index (χ0v) is 14.4. The van der Waals surface area contributed by atoms with E-state index in [9.17, 15) is 0 Å². The second kappa shape index (κ2) is 7.69. The molecule has 114 valence electrons. The quantitative estimate of drug-likeness (QED) is 0.665. The number of tetrazole rings is 1. The number of nitrogens with zero attached hydrogens (tertiary/aromatic N) is 4. The number of rotatable bonds is 8. The van der Waals surface area contributed by atoms with Crippen LogP contribution in [-0.2, 0) is 6.54 Å². The van der Waals surface area contributed by atoms with Crippen LogP contribution in [0.1, 0.15) is 39.5 Å². The third-order valence-electron chi connectivity index (χ3n) is 3.81. The minimum Gasteiger partial charge on any atom is -0.163 e. The Morgan fingerprint density at radius 3 is 2.33 bits per heavy atom. The van der Waals surface area contributed by atoms with Gasteiger partial charge in [-0.25, -0.2) is 0 Å². The maximum atomic E-state index is 4.55. The molecule has 0 spiro atoms. The Balaban J connectivity index is 2.16. The first kappa shape index (κ1) is 16.1. The van der Waals surface area contributed by atoms with Crippen molar-refractivity contribution in [3.63, 3.8) is 0 Å². The molecule has 0 bridgehead atoms. The van der Waals surface area contributed by atoms with Crippen LogP contribution in [0.15, 0.2) is 30.3 Å². The highest BCUT2D eigenvalue weighted by molar-refractivity contribution is 9.09. The predicted molar refractivity (Wildman–Crippen MR) is 89.3 cm³/mol. The molecular formula is C16H23BrN4. The molecule has 1 aromatic heterocycles. The minimum absolute atomic E-state index is 0.220. The lowest BCUT2D eigenvalue weighted by atomic mass is 9.81. The largest absolute Gasteiger partial charge is 0.204 e. The van der Waals surface area contributed by atoms with Crippen LogP contribution >= 0.6 is 15.9 Å². The van der Waals surface area contributed by atoms with E-state index in [4.69, 9.17) is 0 Å². The lowest BCUT2D eigenvalue weighted by Crippen LogP contribution is -2.30. The maximum Gasteiger partial charge on any atom is 0.204 e. The molecule has 0 amide bonds. The van der Waals surface area contributed by atoms with Crippen molar-refractivity contribution in [1.82, 2.24) is 20.2 Å². The maximum absolute atomic E-state index is 4.55. The first-order chi connectivity index (χ1) is 10.2. The van der Waals surface area contributed by atoms with Gasteiger partial charge in [-0.1, -0.05) is 73.0 Å². The summed E-state index contributed by atoms with van der Waals surface area (Å²) in [5.74, 6) is 0.701. The second-order valence-electron chi connectivity index (χ2n) is 5.64. The summed E-state index contributed by atoms with van der Waals surface area (Å²) < 4.78 is 0. The van der Waals surface area contributed by atoms with Crippen LogP contribution in [0.5, 0.6) is 0 Å². The molecule has 0 N–H and O–H groups in total. The summed E-state index contributed by atoms with van der Waals surface area (Å²) in [5.41, 5.74) is 1.23. The highest BCUT2D eigenvalue weighted by atomic mass is 79.9. The molecule has 0 atom stereocenters. The predicted octanol–water partition coefficient (Wildman–Crippen LogP) is 4.32. The van der Waals surface area contributed by atoms with E-state index in [0.29, 0.717) is 5.82 Å². The van der Waals surface area contributed by atoms with Gasteiger partial charge in [-0.2, -0.15) is 4.80 Å². The summed E-state index contributed by atoms with van der Waals surface area (Å²) in [7, 11) is 0. The molecule has 0 aliphatic carbocycles. The van der Waals surface area contributed by atoms with Crippen molar-refractivity contribution in [3.8, 4) is 11.4 Å². The zero-order chi connectivity index (χ0) is 15.1. The van der Waals surface area contributed by atoms with Crippen LogP contribution in [0, 0.1) is 5.41 Å². The number of hydrogen-bond acceptors (Lipinski definition) is 3. The van der Waals surface area contributed by atoms with Gasteiger partial charge in [0.2, 0.25) is 5.82 Å². The Labute approximate surface area is 135 Å². The number of halogens is 1. The molecule has 2 rings (SSSR count). The summed E-state index contributed by atoms with van der Waals surface area (Å²) in [6.45, 7) is 5.29. The minimum atomic E-state index is 0.220. The molecule has 2 aromatic rings. The standard InChI is InChI=1S/C16H23BrN4/c1-3-10-16(12-17,11-4-2)13-21-19-15(18-20-21)14-8-6-5-7-9-14/h5-9H,3-4,10-13H2,1-2H3. The summed E-state index contributed by atoms with van der Waals surface area (Å²) >= 11 is 3.69. The van der Waals surface area contributed by atoms with Crippen LogP contribution in [0.4, 0.5) is 0 Å². The Bertz CT molecular complexity index is 532. The van der Waals surface area contributed by atoms with Crippen molar-refractivity contribution in [3.05, 3.63) is 30.3 Å². The van der Waals surface area contributed by atoms with Gasteiger partial charge >= 0.3 is 0 Å². The monoisotopic (exact) mass is 350 g/mol. The van der Waals surface area contributed by atoms with Gasteiger partial charge in [-0.3, -0.25) is 0 Å². The van der Waals surface area contributed by atoms with E-state index in [0.717, 1.165) is 17.4 Å². The molecule has 0 aliphatic rings. The van der Waals surface area contributed by atoms with Gasteiger partial charge in [0.25, 0.3) is 0 Å². The number of alkyl halides is 1. The molecule has 1 aromatic carbocycles. The average molecular weight is 351 g/mol. The summed E-state index contributed by atoms with van der Waals surface area (Å²) in [6.07, 6.45) is 4.69. The van der Waals surface area contributed by atoms with Crippen molar-refractivity contribution in [2.75, 3.05) is 5.33 Å². The molecular weight excluding hydrogens is 328 g/mol. The lowest BCUT2D eigenvalue weighted by molar-refractivity contribution is 0.209. The van der Waals surface area contributed by atoms with E-state index in [-0.39, 0.29) is 5.41 Å². The molecule has 1 heterocycles. The third kappa shape index (κ3) is 4.13. The number of hydrogen-bond donors (Lipinski definition) is 0. The van der Waals surface area contributed by atoms with Crippen LogP contribution in [0.25, 0.3) is 11.4 Å². The van der Waals surface area contributed by atoms with E-state index in [1.807, 2.05) is 30.3 Å². The topological polar surface area (TPSA) is 43.6 Å². The number of benzene rings is 1. The van der Waals surface area contributed by atoms with Crippen molar-refractivity contribution >= 4 is 15.9 Å². The molecule has 0 aliphatic heterocycles. The Kier molecular flexibility index (Phi) is 5.91. The average Bonchev–Trinajstić information content (AvgIpc) is 2.97. The normalized spacial score (nSPS) is 11.8. The summed E-state index contributed by atoms with van der Waals surface area (Å²) in [6, 6.07) is 10.0. The SMILES string of the molecule is CCCC(CBr)(CCC)Cn1nnc(-c2ccccc2)n1. The lowest BCUT2D eigenvalue weighted by Gasteiger charge is -2.30. The third-order valence-corrected chi connectivity index (χ3v) is 5.00. The smallest absolute Gasteiger partial charge is 0.163 e. The van der Waals surface area contributed by atoms with E-state index < -0.39 is 0 Å². The van der Waals surface area contributed by atoms with Gasteiger partial charge in [-0.05, 0) is 18.1 Å². The Hall–Kier alpha value is -1.23. The molecule has 4 nitrogen and oxygen atoms in total. The molecule has 0 saturated carbocycles. The van der Waals surface area contributed by atoms with Gasteiger partial charge in [0, 0.05) is 16.3 Å². The van der Waals surface area contributed by atoms with E-state index >= 15 is 0 Å². The van der Waals surface area contributed by atoms with Crippen molar-refractivity contribution < 1.29 is 0 Å². The van der Waals surface area contributed by atoms with Gasteiger partial charge in [0.05, 0.1) is 6.54 Å². The fourth-order valence-corrected chi connectivity index (χ4v) is 3.57. The summed E-state index contributed by atoms with van der Waals surface area (Å²) in [5, 5.41) is 14.0. The number of aromatic nitrogens is 4. The molecule has 5 heteroatoms. The fraction of sp³-hybridized carbons (Fsp3) is 0.562. The van der Waals surface area contributed by atoms with Crippen molar-refractivity contribution in [1.29, 1.82) is 0 Å². The summed E-state index contributed by atoms with van der Waals surface area (Å²) in [4.78, 5) is 1.76. The Morgan fingerprint density at radius 2 is 1.76 bits per heavy atom. The van der Waals surface area contributed by atoms with Crippen molar-refractivity contribution in [2.24, 2.45) is 5.41 Å². The molecule has 0 fully saturated rings. The van der Waals surface area contributed by atoms with Crippen LogP contribution in [0.3, 0.4) is 0 Å². The van der Waals surface area contributed by atoms with Crippen molar-refractivity contribution in [2.45, 2.75) is 46.1 Å². The van der Waals surface area contributed by atoms with E-state index in [2.05, 4.69) is 45.2 Å². The zero-order valence-electron chi connectivity index (χ0n) is 12.8. The van der Waals surface area contributed by atoms with Gasteiger partial charge in [-0.15, -0.1) is 10.2 Å². The highest BCUT2D eigenvalue weighted by Crippen LogP contribution is 2.33. The van der Waals surface area contributed by atoms with Gasteiger partial charge < -0.3 is 0 Å².